The SMILES string of the molecule is COc1ccc(C(=O)Nc2ccccc2)cc1Nc1nc(O)nc(Nc2ccc(C(=O)O)c(C)c2)n1. The van der Waals surface area contributed by atoms with Crippen molar-refractivity contribution in [1.29, 1.82) is 0 Å². The van der Waals surface area contributed by atoms with Gasteiger partial charge in [-0.2, -0.15) is 15.0 Å². The number of carboxylic acid groups (broad SMARTS) is 1. The lowest BCUT2D eigenvalue weighted by Crippen LogP contribution is -2.12. The molecule has 0 radical (unpaired) electrons. The first-order valence-electron chi connectivity index (χ1n) is 10.7. The van der Waals surface area contributed by atoms with Crippen molar-refractivity contribution in [2.24, 2.45) is 0 Å². The Morgan fingerprint density at radius 3 is 2.25 bits per heavy atom. The molecule has 11 nitrogen and oxygen atoms in total. The Bertz CT molecular complexity index is 1430. The molecule has 5 N–H and O–H groups in total. The van der Waals surface area contributed by atoms with E-state index in [0.29, 0.717) is 33.9 Å². The first kappa shape index (κ1) is 24.0. The molecule has 0 fully saturated rings. The highest BCUT2D eigenvalue weighted by Gasteiger charge is 2.14. The second kappa shape index (κ2) is 10.4. The molecule has 1 amide bonds. The Morgan fingerprint density at radius 1 is 0.861 bits per heavy atom. The van der Waals surface area contributed by atoms with Gasteiger partial charge in [-0.3, -0.25) is 4.79 Å². The van der Waals surface area contributed by atoms with Crippen molar-refractivity contribution in [2.75, 3.05) is 23.1 Å². The molecule has 11 heteroatoms. The summed E-state index contributed by atoms with van der Waals surface area (Å²) in [6, 6.07) is 17.9. The molecule has 0 bridgehead atoms. The number of ether oxygens (including phenoxy) is 1. The van der Waals surface area contributed by atoms with Crippen LogP contribution in [-0.2, 0) is 0 Å². The highest BCUT2D eigenvalue weighted by Crippen LogP contribution is 2.29. The fourth-order valence-electron chi connectivity index (χ4n) is 3.38. The molecule has 182 valence electrons. The summed E-state index contributed by atoms with van der Waals surface area (Å²) in [4.78, 5) is 36.0. The van der Waals surface area contributed by atoms with Gasteiger partial charge < -0.3 is 30.9 Å². The zero-order chi connectivity index (χ0) is 25.7. The molecule has 4 rings (SSSR count). The fourth-order valence-corrected chi connectivity index (χ4v) is 3.38. The number of carbonyl (C=O) groups is 2. The van der Waals surface area contributed by atoms with Crippen molar-refractivity contribution in [3.05, 3.63) is 83.4 Å². The van der Waals surface area contributed by atoms with Crippen LogP contribution in [0.5, 0.6) is 11.8 Å². The number of nitrogens with one attached hydrogen (secondary N) is 3. The number of methoxy groups -OCH3 is 1. The Labute approximate surface area is 205 Å². The number of aromatic carboxylic acids is 1. The van der Waals surface area contributed by atoms with Crippen LogP contribution in [0.1, 0.15) is 26.3 Å². The Balaban J connectivity index is 1.57. The van der Waals surface area contributed by atoms with Crippen molar-refractivity contribution < 1.29 is 24.5 Å². The molecule has 1 aromatic heterocycles. The van der Waals surface area contributed by atoms with Gasteiger partial charge in [0.2, 0.25) is 11.9 Å². The topological polar surface area (TPSA) is 159 Å². The van der Waals surface area contributed by atoms with Crippen molar-refractivity contribution in [2.45, 2.75) is 6.92 Å². The van der Waals surface area contributed by atoms with E-state index >= 15 is 0 Å². The number of para-hydroxylation sites is 1. The average Bonchev–Trinajstić information content (AvgIpc) is 2.84. The minimum absolute atomic E-state index is 0.0113. The van der Waals surface area contributed by atoms with Gasteiger partial charge in [-0.05, 0) is 61.0 Å². The van der Waals surface area contributed by atoms with E-state index in [2.05, 4.69) is 30.9 Å². The average molecular weight is 486 g/mol. The molecule has 3 aromatic carbocycles. The predicted octanol–water partition coefficient (Wildman–Crippen LogP) is 4.33. The summed E-state index contributed by atoms with van der Waals surface area (Å²) in [5, 5.41) is 27.9. The quantitative estimate of drug-likeness (QED) is 0.243. The number of hydrogen-bond donors (Lipinski definition) is 5. The lowest BCUT2D eigenvalue weighted by Gasteiger charge is -2.13. The van der Waals surface area contributed by atoms with Crippen LogP contribution in [0.2, 0.25) is 0 Å². The molecular weight excluding hydrogens is 464 g/mol. The van der Waals surface area contributed by atoms with E-state index in [-0.39, 0.29) is 23.4 Å². The maximum atomic E-state index is 12.7. The number of aromatic hydroxyl groups is 1. The van der Waals surface area contributed by atoms with E-state index in [1.54, 1.807) is 49.4 Å². The van der Waals surface area contributed by atoms with Crippen molar-refractivity contribution in [3.63, 3.8) is 0 Å². The lowest BCUT2D eigenvalue weighted by molar-refractivity contribution is 0.0696. The van der Waals surface area contributed by atoms with Gasteiger partial charge in [0.1, 0.15) is 5.75 Å². The Kier molecular flexibility index (Phi) is 6.91. The summed E-state index contributed by atoms with van der Waals surface area (Å²) in [6.07, 6.45) is 0. The monoisotopic (exact) mass is 486 g/mol. The molecule has 0 saturated carbocycles. The van der Waals surface area contributed by atoms with Gasteiger partial charge in [0.25, 0.3) is 5.91 Å². The van der Waals surface area contributed by atoms with Gasteiger partial charge in [0.05, 0.1) is 18.4 Å². The molecule has 0 spiro atoms. The third-order valence-corrected chi connectivity index (χ3v) is 5.08. The molecular formula is C25H22N6O5. The first-order valence-corrected chi connectivity index (χ1v) is 10.7. The highest BCUT2D eigenvalue weighted by atomic mass is 16.5. The minimum Gasteiger partial charge on any atom is -0.495 e. The molecule has 1 heterocycles. The predicted molar refractivity (Wildman–Crippen MR) is 134 cm³/mol. The van der Waals surface area contributed by atoms with Gasteiger partial charge in [-0.15, -0.1) is 0 Å². The molecule has 0 aliphatic carbocycles. The van der Waals surface area contributed by atoms with Crippen molar-refractivity contribution >= 4 is 40.8 Å². The Morgan fingerprint density at radius 2 is 1.58 bits per heavy atom. The molecule has 0 saturated heterocycles. The number of nitrogens with zero attached hydrogens (tertiary/aromatic N) is 3. The number of rotatable bonds is 8. The number of benzene rings is 3. The van der Waals surface area contributed by atoms with Crippen LogP contribution in [0, 0.1) is 6.92 Å². The van der Waals surface area contributed by atoms with E-state index in [0.717, 1.165) is 0 Å². The first-order chi connectivity index (χ1) is 17.3. The molecule has 4 aromatic rings. The maximum absolute atomic E-state index is 12.7. The molecule has 0 unspecified atom stereocenters. The zero-order valence-electron chi connectivity index (χ0n) is 19.3. The number of amides is 1. The van der Waals surface area contributed by atoms with Crippen molar-refractivity contribution in [1.82, 2.24) is 15.0 Å². The molecule has 0 aliphatic heterocycles. The van der Waals surface area contributed by atoms with Gasteiger partial charge in [0, 0.05) is 16.9 Å². The minimum atomic E-state index is -1.03. The van der Waals surface area contributed by atoms with Crippen LogP contribution in [0.15, 0.2) is 66.7 Å². The van der Waals surface area contributed by atoms with E-state index in [9.17, 15) is 19.8 Å². The lowest BCUT2D eigenvalue weighted by atomic mass is 10.1. The number of aryl methyl sites for hydroxylation is 1. The van der Waals surface area contributed by atoms with E-state index in [1.807, 2.05) is 18.2 Å². The molecule has 0 atom stereocenters. The third-order valence-electron chi connectivity index (χ3n) is 5.08. The van der Waals surface area contributed by atoms with Gasteiger partial charge in [-0.25, -0.2) is 4.79 Å². The summed E-state index contributed by atoms with van der Waals surface area (Å²) in [6.45, 7) is 1.67. The number of hydrogen-bond acceptors (Lipinski definition) is 9. The summed E-state index contributed by atoms with van der Waals surface area (Å²) < 4.78 is 5.38. The zero-order valence-corrected chi connectivity index (χ0v) is 19.3. The maximum Gasteiger partial charge on any atom is 0.335 e. The standard InChI is InChI=1S/C25H22N6O5/c1-14-12-17(9-10-18(14)22(33)34)27-23-29-24(31-25(35)30-23)28-19-13-15(8-11-20(19)36-2)21(32)26-16-6-4-3-5-7-16/h3-13H,1-2H3,(H,26,32)(H,33,34)(H3,27,28,29,30,31,35). The van der Waals surface area contributed by atoms with E-state index in [1.165, 1.54) is 13.2 Å². The number of anilines is 5. The normalized spacial score (nSPS) is 10.4. The fraction of sp³-hybridized carbons (Fsp3) is 0.0800. The number of carboxylic acids is 1. The van der Waals surface area contributed by atoms with E-state index in [4.69, 9.17) is 4.74 Å². The van der Waals surface area contributed by atoms with Gasteiger partial charge in [-0.1, -0.05) is 18.2 Å². The summed E-state index contributed by atoms with van der Waals surface area (Å²) in [5.74, 6) is -0.933. The second-order valence-corrected chi connectivity index (χ2v) is 7.60. The van der Waals surface area contributed by atoms with Crippen LogP contribution >= 0.6 is 0 Å². The van der Waals surface area contributed by atoms with Crippen LogP contribution in [0.4, 0.5) is 29.0 Å². The number of carbonyl (C=O) groups excluding carboxylic acids is 1. The summed E-state index contributed by atoms with van der Waals surface area (Å²) in [5.41, 5.74) is 2.62. The van der Waals surface area contributed by atoms with Crippen LogP contribution in [0.3, 0.4) is 0 Å². The van der Waals surface area contributed by atoms with Crippen LogP contribution in [-0.4, -0.2) is 44.2 Å². The molecule has 36 heavy (non-hydrogen) atoms. The van der Waals surface area contributed by atoms with E-state index < -0.39 is 12.0 Å². The Hall–Kier alpha value is -5.19. The van der Waals surface area contributed by atoms with Crippen LogP contribution in [0.25, 0.3) is 0 Å². The largest absolute Gasteiger partial charge is 0.495 e. The third kappa shape index (κ3) is 5.65. The number of aromatic nitrogens is 3. The van der Waals surface area contributed by atoms with Crippen molar-refractivity contribution in [3.8, 4) is 11.8 Å². The summed E-state index contributed by atoms with van der Waals surface area (Å²) >= 11 is 0. The smallest absolute Gasteiger partial charge is 0.335 e. The van der Waals surface area contributed by atoms with Gasteiger partial charge >= 0.3 is 12.0 Å². The van der Waals surface area contributed by atoms with Crippen LogP contribution < -0.4 is 20.7 Å². The molecule has 0 aliphatic rings. The second-order valence-electron chi connectivity index (χ2n) is 7.60. The van der Waals surface area contributed by atoms with Gasteiger partial charge in [0.15, 0.2) is 0 Å². The highest BCUT2D eigenvalue weighted by molar-refractivity contribution is 6.05. The summed E-state index contributed by atoms with van der Waals surface area (Å²) in [7, 11) is 1.48.